The van der Waals surface area contributed by atoms with E-state index in [0.717, 1.165) is 38.7 Å². The molecule has 1 atom stereocenters. The Labute approximate surface area is 126 Å². The van der Waals surface area contributed by atoms with Crippen LogP contribution in [0.1, 0.15) is 32.3 Å². The zero-order valence-electron chi connectivity index (χ0n) is 13.0. The summed E-state index contributed by atoms with van der Waals surface area (Å²) in [6, 6.07) is 3.87. The average Bonchev–Trinajstić information content (AvgIpc) is 2.42. The third-order valence-electron chi connectivity index (χ3n) is 4.00. The van der Waals surface area contributed by atoms with Crippen LogP contribution < -0.4 is 5.32 Å². The van der Waals surface area contributed by atoms with Gasteiger partial charge >= 0.3 is 0 Å². The molecule has 0 bridgehead atoms. The lowest BCUT2D eigenvalue weighted by Gasteiger charge is -2.33. The van der Waals surface area contributed by atoms with E-state index < -0.39 is 11.6 Å². The molecule has 2 nitrogen and oxygen atoms in total. The van der Waals surface area contributed by atoms with Crippen molar-refractivity contribution in [3.05, 3.63) is 35.4 Å². The Morgan fingerprint density at radius 1 is 1.33 bits per heavy atom. The Kier molecular flexibility index (Phi) is 6.12. The summed E-state index contributed by atoms with van der Waals surface area (Å²) in [5.74, 6) is 0.347. The number of halogens is 2. The lowest BCUT2D eigenvalue weighted by atomic mass is 9.97. The molecule has 118 valence electrons. The van der Waals surface area contributed by atoms with Gasteiger partial charge in [0.25, 0.3) is 0 Å². The largest absolute Gasteiger partial charge is 0.316 e. The third kappa shape index (κ3) is 5.36. The second-order valence-electron chi connectivity index (χ2n) is 6.53. The van der Waals surface area contributed by atoms with Gasteiger partial charge in [0.1, 0.15) is 11.6 Å². The van der Waals surface area contributed by atoms with Crippen LogP contribution in [0.3, 0.4) is 0 Å². The van der Waals surface area contributed by atoms with Crippen molar-refractivity contribution < 1.29 is 8.78 Å². The zero-order chi connectivity index (χ0) is 15.2. The van der Waals surface area contributed by atoms with Crippen molar-refractivity contribution in [3.8, 4) is 0 Å². The van der Waals surface area contributed by atoms with Crippen molar-refractivity contribution in [3.63, 3.8) is 0 Å². The molecule has 1 unspecified atom stereocenters. The average molecular weight is 296 g/mol. The summed E-state index contributed by atoms with van der Waals surface area (Å²) >= 11 is 0. The molecule has 1 aliphatic heterocycles. The highest BCUT2D eigenvalue weighted by atomic mass is 19.1. The molecule has 0 amide bonds. The van der Waals surface area contributed by atoms with E-state index in [-0.39, 0.29) is 0 Å². The number of benzene rings is 1. The molecule has 1 aromatic rings. The number of piperidine rings is 1. The van der Waals surface area contributed by atoms with Gasteiger partial charge in [0, 0.05) is 24.7 Å². The second kappa shape index (κ2) is 7.85. The first kappa shape index (κ1) is 16.4. The summed E-state index contributed by atoms with van der Waals surface area (Å²) < 4.78 is 26.6. The van der Waals surface area contributed by atoms with Gasteiger partial charge in [0.2, 0.25) is 0 Å². The lowest BCUT2D eigenvalue weighted by Crippen LogP contribution is -2.40. The fourth-order valence-electron chi connectivity index (χ4n) is 2.93. The van der Waals surface area contributed by atoms with Gasteiger partial charge in [0.15, 0.2) is 0 Å². The lowest BCUT2D eigenvalue weighted by molar-refractivity contribution is 0.163. The van der Waals surface area contributed by atoms with Crippen LogP contribution in [-0.2, 0) is 6.54 Å². The number of rotatable bonds is 6. The molecule has 0 radical (unpaired) electrons. The van der Waals surface area contributed by atoms with E-state index in [1.807, 2.05) is 0 Å². The minimum Gasteiger partial charge on any atom is -0.316 e. The first-order valence-corrected chi connectivity index (χ1v) is 7.91. The van der Waals surface area contributed by atoms with Gasteiger partial charge in [-0.3, -0.25) is 4.90 Å². The van der Waals surface area contributed by atoms with Crippen LogP contribution in [0.4, 0.5) is 8.78 Å². The predicted octanol–water partition coefficient (Wildman–Crippen LogP) is 3.42. The summed E-state index contributed by atoms with van der Waals surface area (Å²) in [7, 11) is 0. The number of hydrogen-bond donors (Lipinski definition) is 1. The summed E-state index contributed by atoms with van der Waals surface area (Å²) in [6.45, 7) is 9.05. The van der Waals surface area contributed by atoms with Gasteiger partial charge in [-0.15, -0.1) is 0 Å². The maximum absolute atomic E-state index is 13.7. The van der Waals surface area contributed by atoms with Crippen molar-refractivity contribution in [2.45, 2.75) is 33.2 Å². The molecular formula is C17H26F2N2. The number of nitrogens with one attached hydrogen (secondary N) is 1. The molecule has 0 spiro atoms. The fraction of sp³-hybridized carbons (Fsp3) is 0.647. The molecule has 2 rings (SSSR count). The molecule has 1 N–H and O–H groups in total. The highest BCUT2D eigenvalue weighted by Gasteiger charge is 2.20. The maximum Gasteiger partial charge on any atom is 0.130 e. The van der Waals surface area contributed by atoms with E-state index in [9.17, 15) is 8.78 Å². The number of likely N-dealkylation sites (tertiary alicyclic amines) is 1. The third-order valence-corrected chi connectivity index (χ3v) is 4.00. The summed E-state index contributed by atoms with van der Waals surface area (Å²) in [5.41, 5.74) is 0.590. The number of nitrogens with zero attached hydrogens (tertiary/aromatic N) is 1. The molecule has 1 aliphatic rings. The summed E-state index contributed by atoms with van der Waals surface area (Å²) in [4.78, 5) is 2.28. The molecule has 4 heteroatoms. The van der Waals surface area contributed by atoms with Crippen LogP contribution in [0, 0.1) is 23.5 Å². The quantitative estimate of drug-likeness (QED) is 0.865. The van der Waals surface area contributed by atoms with Gasteiger partial charge in [-0.25, -0.2) is 8.78 Å². The molecule has 21 heavy (non-hydrogen) atoms. The molecule has 1 heterocycles. The van der Waals surface area contributed by atoms with Crippen molar-refractivity contribution >= 4 is 0 Å². The SMILES string of the molecule is CC(C)CNCC1CCCN(Cc2ccc(F)cc2F)C1. The first-order valence-electron chi connectivity index (χ1n) is 7.91. The van der Waals surface area contributed by atoms with Crippen LogP contribution in [0.2, 0.25) is 0 Å². The highest BCUT2D eigenvalue weighted by molar-refractivity contribution is 5.18. The van der Waals surface area contributed by atoms with E-state index in [2.05, 4.69) is 24.1 Å². The zero-order valence-corrected chi connectivity index (χ0v) is 13.0. The Hall–Kier alpha value is -1.00. The molecule has 1 aromatic carbocycles. The summed E-state index contributed by atoms with van der Waals surface area (Å²) in [6.07, 6.45) is 2.38. The minimum absolute atomic E-state index is 0.435. The monoisotopic (exact) mass is 296 g/mol. The van der Waals surface area contributed by atoms with Gasteiger partial charge in [-0.05, 0) is 50.4 Å². The van der Waals surface area contributed by atoms with Crippen LogP contribution in [-0.4, -0.2) is 31.1 Å². The van der Waals surface area contributed by atoms with Crippen LogP contribution in [0.5, 0.6) is 0 Å². The standard InChI is InChI=1S/C17H26F2N2/c1-13(2)9-20-10-14-4-3-7-21(11-14)12-15-5-6-16(18)8-17(15)19/h5-6,8,13-14,20H,3-4,7,9-12H2,1-2H3. The van der Waals surface area contributed by atoms with Gasteiger partial charge in [-0.1, -0.05) is 19.9 Å². The molecule has 0 saturated carbocycles. The smallest absolute Gasteiger partial charge is 0.130 e. The minimum atomic E-state index is -0.509. The van der Waals surface area contributed by atoms with Crippen molar-refractivity contribution in [2.75, 3.05) is 26.2 Å². The highest BCUT2D eigenvalue weighted by Crippen LogP contribution is 2.19. The van der Waals surface area contributed by atoms with E-state index in [1.54, 1.807) is 6.07 Å². The fourth-order valence-corrected chi connectivity index (χ4v) is 2.93. The van der Waals surface area contributed by atoms with E-state index in [4.69, 9.17) is 0 Å². The van der Waals surface area contributed by atoms with E-state index in [0.29, 0.717) is 23.9 Å². The van der Waals surface area contributed by atoms with E-state index in [1.165, 1.54) is 12.5 Å². The topological polar surface area (TPSA) is 15.3 Å². The van der Waals surface area contributed by atoms with Crippen LogP contribution in [0.25, 0.3) is 0 Å². The molecule has 1 fully saturated rings. The molecular weight excluding hydrogens is 270 g/mol. The van der Waals surface area contributed by atoms with Crippen molar-refractivity contribution in [1.29, 1.82) is 0 Å². The Bertz CT molecular complexity index is 448. The summed E-state index contributed by atoms with van der Waals surface area (Å²) in [5, 5.41) is 3.51. The van der Waals surface area contributed by atoms with Crippen molar-refractivity contribution in [2.24, 2.45) is 11.8 Å². The molecule has 1 saturated heterocycles. The van der Waals surface area contributed by atoms with Gasteiger partial charge in [-0.2, -0.15) is 0 Å². The van der Waals surface area contributed by atoms with Gasteiger partial charge < -0.3 is 5.32 Å². The first-order chi connectivity index (χ1) is 10.0. The van der Waals surface area contributed by atoms with Crippen molar-refractivity contribution in [1.82, 2.24) is 10.2 Å². The second-order valence-corrected chi connectivity index (χ2v) is 6.53. The predicted molar refractivity (Wildman–Crippen MR) is 82.1 cm³/mol. The van der Waals surface area contributed by atoms with E-state index >= 15 is 0 Å². The van der Waals surface area contributed by atoms with Gasteiger partial charge in [0.05, 0.1) is 0 Å². The molecule has 0 aromatic heterocycles. The Morgan fingerprint density at radius 2 is 2.14 bits per heavy atom. The maximum atomic E-state index is 13.7. The number of hydrogen-bond acceptors (Lipinski definition) is 2. The molecule has 0 aliphatic carbocycles. The van der Waals surface area contributed by atoms with Crippen LogP contribution >= 0.6 is 0 Å². The Morgan fingerprint density at radius 3 is 2.86 bits per heavy atom. The van der Waals surface area contributed by atoms with Crippen LogP contribution in [0.15, 0.2) is 18.2 Å². The normalized spacial score (nSPS) is 20.1. The Balaban J connectivity index is 1.83.